The van der Waals surface area contributed by atoms with Crippen molar-refractivity contribution in [2.75, 3.05) is 21.3 Å². The van der Waals surface area contributed by atoms with Crippen LogP contribution in [0.15, 0.2) is 80.8 Å². The summed E-state index contributed by atoms with van der Waals surface area (Å²) in [6, 6.07) is 17.6. The molecule has 0 saturated heterocycles. The van der Waals surface area contributed by atoms with Crippen LogP contribution >= 0.6 is 11.3 Å². The Labute approximate surface area is 196 Å². The molecule has 170 valence electrons. The summed E-state index contributed by atoms with van der Waals surface area (Å²) >= 11 is 1.51. The summed E-state index contributed by atoms with van der Waals surface area (Å²) in [5, 5.41) is 6.86. The van der Waals surface area contributed by atoms with E-state index in [-0.39, 0.29) is 0 Å². The molecule has 2 aromatic carbocycles. The van der Waals surface area contributed by atoms with Gasteiger partial charge in [0.2, 0.25) is 10.6 Å². The van der Waals surface area contributed by atoms with Gasteiger partial charge in [0.1, 0.15) is 11.5 Å². The molecule has 2 heterocycles. The van der Waals surface area contributed by atoms with E-state index in [4.69, 9.17) is 28.7 Å². The van der Waals surface area contributed by atoms with Gasteiger partial charge in [-0.25, -0.2) is 4.68 Å². The molecule has 8 heteroatoms. The van der Waals surface area contributed by atoms with Crippen molar-refractivity contribution in [2.24, 2.45) is 10.1 Å². The summed E-state index contributed by atoms with van der Waals surface area (Å²) in [6.07, 6.45) is 1.63. The predicted molar refractivity (Wildman–Crippen MR) is 129 cm³/mol. The first kappa shape index (κ1) is 22.4. The zero-order valence-electron chi connectivity index (χ0n) is 18.9. The summed E-state index contributed by atoms with van der Waals surface area (Å²) in [6.45, 7) is 2.45. The van der Waals surface area contributed by atoms with E-state index < -0.39 is 0 Å². The highest BCUT2D eigenvalue weighted by Gasteiger charge is 2.17. The van der Waals surface area contributed by atoms with Crippen LogP contribution in [-0.4, -0.2) is 31.7 Å². The molecule has 0 radical (unpaired) electrons. The maximum atomic E-state index is 5.55. The van der Waals surface area contributed by atoms with Gasteiger partial charge in [-0.1, -0.05) is 30.3 Å². The number of thiazole rings is 1. The van der Waals surface area contributed by atoms with Gasteiger partial charge in [0, 0.05) is 10.9 Å². The van der Waals surface area contributed by atoms with Gasteiger partial charge in [-0.3, -0.25) is 4.99 Å². The first-order valence-electron chi connectivity index (χ1n) is 10.3. The van der Waals surface area contributed by atoms with Gasteiger partial charge in [0.15, 0.2) is 11.5 Å². The fraction of sp³-hybridized carbons (Fsp3) is 0.200. The van der Waals surface area contributed by atoms with Crippen LogP contribution in [0.25, 0.3) is 11.3 Å². The molecule has 0 aliphatic carbocycles. The topological polar surface area (TPSA) is 70.5 Å². The Bertz CT molecular complexity index is 1280. The molecule has 0 bridgehead atoms. The van der Waals surface area contributed by atoms with Crippen molar-refractivity contribution in [1.29, 1.82) is 0 Å². The van der Waals surface area contributed by atoms with E-state index in [2.05, 4.69) is 12.1 Å². The highest BCUT2D eigenvalue weighted by molar-refractivity contribution is 7.07. The van der Waals surface area contributed by atoms with Crippen molar-refractivity contribution in [3.63, 3.8) is 0 Å². The Morgan fingerprint density at radius 2 is 1.70 bits per heavy atom. The number of nitrogens with zero attached hydrogens (tertiary/aromatic N) is 3. The minimum Gasteiger partial charge on any atom is -0.493 e. The average molecular weight is 464 g/mol. The van der Waals surface area contributed by atoms with Crippen LogP contribution in [0.2, 0.25) is 0 Å². The summed E-state index contributed by atoms with van der Waals surface area (Å²) in [4.78, 5) is 5.59. The number of hydrogen-bond donors (Lipinski definition) is 0. The normalized spacial score (nSPS) is 12.1. The molecule has 0 aliphatic rings. The Hall–Kier alpha value is -3.78. The van der Waals surface area contributed by atoms with Crippen LogP contribution in [0.1, 0.15) is 18.2 Å². The molecule has 7 nitrogen and oxygen atoms in total. The molecule has 4 rings (SSSR count). The van der Waals surface area contributed by atoms with E-state index in [0.29, 0.717) is 29.6 Å². The number of furan rings is 1. The molecule has 0 amide bonds. The minimum atomic E-state index is 0.537. The Morgan fingerprint density at radius 1 is 0.970 bits per heavy atom. The molecule has 0 aliphatic heterocycles. The zero-order valence-corrected chi connectivity index (χ0v) is 19.8. The smallest absolute Gasteiger partial charge is 0.206 e. The van der Waals surface area contributed by atoms with Crippen molar-refractivity contribution in [3.05, 3.63) is 82.4 Å². The lowest BCUT2D eigenvalue weighted by molar-refractivity contribution is 0.324. The molecule has 0 N–H and O–H groups in total. The Balaban J connectivity index is 1.87. The third-order valence-electron chi connectivity index (χ3n) is 5.01. The van der Waals surface area contributed by atoms with Crippen LogP contribution < -0.4 is 19.0 Å². The lowest BCUT2D eigenvalue weighted by Crippen LogP contribution is -2.14. The van der Waals surface area contributed by atoms with E-state index in [0.717, 1.165) is 27.3 Å². The van der Waals surface area contributed by atoms with E-state index in [1.807, 2.05) is 59.4 Å². The fourth-order valence-electron chi connectivity index (χ4n) is 3.36. The summed E-state index contributed by atoms with van der Waals surface area (Å²) in [7, 11) is 4.79. The monoisotopic (exact) mass is 463 g/mol. The van der Waals surface area contributed by atoms with Crippen molar-refractivity contribution in [2.45, 2.75) is 13.5 Å². The van der Waals surface area contributed by atoms with Gasteiger partial charge in [-0.15, -0.1) is 11.3 Å². The number of rotatable bonds is 8. The predicted octanol–water partition coefficient (Wildman–Crippen LogP) is 5.21. The lowest BCUT2D eigenvalue weighted by atomic mass is 10.1. The van der Waals surface area contributed by atoms with E-state index in [1.54, 1.807) is 27.6 Å². The third-order valence-corrected chi connectivity index (χ3v) is 5.87. The van der Waals surface area contributed by atoms with E-state index in [9.17, 15) is 0 Å². The highest BCUT2D eigenvalue weighted by atomic mass is 32.1. The number of benzene rings is 2. The van der Waals surface area contributed by atoms with Gasteiger partial charge >= 0.3 is 0 Å². The Kier molecular flexibility index (Phi) is 6.95. The molecule has 0 atom stereocenters. The quantitative estimate of drug-likeness (QED) is 0.337. The van der Waals surface area contributed by atoms with Crippen LogP contribution in [0.4, 0.5) is 0 Å². The number of hydrogen-bond acceptors (Lipinski definition) is 7. The van der Waals surface area contributed by atoms with Crippen LogP contribution in [0, 0.1) is 0 Å². The van der Waals surface area contributed by atoms with Crippen molar-refractivity contribution >= 4 is 17.0 Å². The second-order valence-corrected chi connectivity index (χ2v) is 7.93. The van der Waals surface area contributed by atoms with Gasteiger partial charge in [0.25, 0.3) is 0 Å². The molecule has 4 aromatic rings. The Morgan fingerprint density at radius 3 is 2.30 bits per heavy atom. The molecule has 0 fully saturated rings. The first-order valence-corrected chi connectivity index (χ1v) is 11.2. The second-order valence-electron chi connectivity index (χ2n) is 7.09. The fourth-order valence-corrected chi connectivity index (χ4v) is 4.19. The van der Waals surface area contributed by atoms with Crippen LogP contribution in [-0.2, 0) is 6.54 Å². The third kappa shape index (κ3) is 4.85. The van der Waals surface area contributed by atoms with Crippen molar-refractivity contribution in [3.8, 4) is 28.5 Å². The number of aromatic nitrogens is 1. The van der Waals surface area contributed by atoms with Gasteiger partial charge < -0.3 is 18.6 Å². The maximum absolute atomic E-state index is 5.55. The molecule has 33 heavy (non-hydrogen) atoms. The van der Waals surface area contributed by atoms with Crippen LogP contribution in [0.3, 0.4) is 0 Å². The number of methoxy groups -OCH3 is 3. The largest absolute Gasteiger partial charge is 0.493 e. The summed E-state index contributed by atoms with van der Waals surface area (Å²) in [5.74, 6) is 2.37. The van der Waals surface area contributed by atoms with Gasteiger partial charge in [-0.05, 0) is 36.8 Å². The number of ether oxygens (including phenoxy) is 3. The summed E-state index contributed by atoms with van der Waals surface area (Å²) in [5.41, 5.74) is 3.56. The summed E-state index contributed by atoms with van der Waals surface area (Å²) < 4.78 is 23.9. The first-order chi connectivity index (χ1) is 16.1. The van der Waals surface area contributed by atoms with Crippen molar-refractivity contribution < 1.29 is 18.6 Å². The molecular weight excluding hydrogens is 438 g/mol. The highest BCUT2D eigenvalue weighted by Crippen LogP contribution is 2.41. The van der Waals surface area contributed by atoms with Crippen LogP contribution in [0.5, 0.6) is 17.2 Å². The van der Waals surface area contributed by atoms with Crippen molar-refractivity contribution in [1.82, 2.24) is 4.68 Å². The van der Waals surface area contributed by atoms with Gasteiger partial charge in [-0.2, -0.15) is 5.10 Å². The lowest BCUT2D eigenvalue weighted by Gasteiger charge is -2.14. The molecular formula is C25H25N3O4S. The molecule has 0 unspecified atom stereocenters. The van der Waals surface area contributed by atoms with Gasteiger partial charge in [0.05, 0.1) is 39.8 Å². The maximum Gasteiger partial charge on any atom is 0.206 e. The second kappa shape index (κ2) is 10.2. The van der Waals surface area contributed by atoms with E-state index in [1.165, 1.54) is 11.3 Å². The SMILES string of the molecule is COc1cc(-c2csc(=NCc3ccccc3)n2N=C(C)c2ccco2)cc(OC)c1OC. The average Bonchev–Trinajstić information content (AvgIpc) is 3.53. The molecule has 0 saturated carbocycles. The molecule has 0 spiro atoms. The molecule has 2 aromatic heterocycles. The van der Waals surface area contributed by atoms with E-state index >= 15 is 0 Å². The standard InChI is InChI=1S/C25H25N3O4S/c1-17(21-11-8-12-32-21)27-28-20(16-33-25(28)26-15-18-9-6-5-7-10-18)19-13-22(29-2)24(31-4)23(14-19)30-3/h5-14,16H,15H2,1-4H3. The minimum absolute atomic E-state index is 0.537. The zero-order chi connectivity index (χ0) is 23.2.